The molecule has 2 atom stereocenters. The molecule has 0 bridgehead atoms. The standard InChI is InChI=1S/C14H28O/c1-11(2)8-10-14(15)9-6-5-7-13(14)12(3)4/h11-13,15H,5-10H2,1-4H3. The van der Waals surface area contributed by atoms with E-state index in [4.69, 9.17) is 0 Å². The molecule has 15 heavy (non-hydrogen) atoms. The van der Waals surface area contributed by atoms with Gasteiger partial charge in [0, 0.05) is 0 Å². The van der Waals surface area contributed by atoms with E-state index in [9.17, 15) is 5.11 Å². The molecule has 0 aromatic rings. The van der Waals surface area contributed by atoms with Crippen LogP contribution in [0.4, 0.5) is 0 Å². The largest absolute Gasteiger partial charge is 0.390 e. The zero-order valence-electron chi connectivity index (χ0n) is 10.9. The average Bonchev–Trinajstić information content (AvgIpc) is 2.15. The summed E-state index contributed by atoms with van der Waals surface area (Å²) in [4.78, 5) is 0. The molecule has 1 aliphatic rings. The Hall–Kier alpha value is -0.0400. The highest BCUT2D eigenvalue weighted by molar-refractivity contribution is 4.91. The lowest BCUT2D eigenvalue weighted by Gasteiger charge is -2.43. The molecule has 1 N–H and O–H groups in total. The smallest absolute Gasteiger partial charge is 0.0678 e. The van der Waals surface area contributed by atoms with Crippen molar-refractivity contribution in [1.82, 2.24) is 0 Å². The maximum Gasteiger partial charge on any atom is 0.0678 e. The Kier molecular flexibility index (Phi) is 4.64. The first-order valence-corrected chi connectivity index (χ1v) is 6.68. The highest BCUT2D eigenvalue weighted by atomic mass is 16.3. The van der Waals surface area contributed by atoms with Crippen LogP contribution in [0.3, 0.4) is 0 Å². The Morgan fingerprint density at radius 3 is 2.40 bits per heavy atom. The average molecular weight is 212 g/mol. The number of hydrogen-bond acceptors (Lipinski definition) is 1. The molecule has 1 nitrogen and oxygen atoms in total. The minimum atomic E-state index is -0.351. The molecule has 1 aliphatic carbocycles. The summed E-state index contributed by atoms with van der Waals surface area (Å²) in [5.41, 5.74) is -0.351. The fraction of sp³-hybridized carbons (Fsp3) is 1.00. The highest BCUT2D eigenvalue weighted by Crippen LogP contribution is 2.41. The van der Waals surface area contributed by atoms with Crippen LogP contribution in [0.2, 0.25) is 0 Å². The van der Waals surface area contributed by atoms with Crippen LogP contribution >= 0.6 is 0 Å². The molecule has 0 aliphatic heterocycles. The maximum absolute atomic E-state index is 10.8. The summed E-state index contributed by atoms with van der Waals surface area (Å²) in [7, 11) is 0. The Labute approximate surface area is 95.3 Å². The molecule has 0 aromatic heterocycles. The molecule has 0 saturated heterocycles. The Balaban J connectivity index is 2.59. The molecule has 0 aromatic carbocycles. The third kappa shape index (κ3) is 3.48. The van der Waals surface area contributed by atoms with Gasteiger partial charge in [-0.05, 0) is 43.4 Å². The van der Waals surface area contributed by atoms with E-state index in [-0.39, 0.29) is 5.60 Å². The molecule has 0 heterocycles. The topological polar surface area (TPSA) is 20.2 Å². The van der Waals surface area contributed by atoms with Gasteiger partial charge in [-0.1, -0.05) is 40.5 Å². The van der Waals surface area contributed by atoms with Crippen LogP contribution in [0.25, 0.3) is 0 Å². The SMILES string of the molecule is CC(C)CCC1(O)CCCCC1C(C)C. The van der Waals surface area contributed by atoms with Gasteiger partial charge >= 0.3 is 0 Å². The first-order valence-electron chi connectivity index (χ1n) is 6.68. The lowest BCUT2D eigenvalue weighted by Crippen LogP contribution is -2.43. The summed E-state index contributed by atoms with van der Waals surface area (Å²) in [5, 5.41) is 10.8. The molecular weight excluding hydrogens is 184 g/mol. The molecular formula is C14H28O. The van der Waals surface area contributed by atoms with E-state index in [0.29, 0.717) is 17.8 Å². The number of aliphatic hydroxyl groups is 1. The highest BCUT2D eigenvalue weighted by Gasteiger charge is 2.39. The third-order valence-electron chi connectivity index (χ3n) is 4.02. The van der Waals surface area contributed by atoms with Crippen LogP contribution in [-0.2, 0) is 0 Å². The summed E-state index contributed by atoms with van der Waals surface area (Å²) >= 11 is 0. The molecule has 1 rings (SSSR count). The van der Waals surface area contributed by atoms with E-state index in [2.05, 4.69) is 27.7 Å². The first-order chi connectivity index (χ1) is 6.96. The minimum Gasteiger partial charge on any atom is -0.390 e. The van der Waals surface area contributed by atoms with Gasteiger partial charge in [0.15, 0.2) is 0 Å². The van der Waals surface area contributed by atoms with Gasteiger partial charge in [0.05, 0.1) is 5.60 Å². The predicted octanol–water partition coefficient (Wildman–Crippen LogP) is 4.00. The van der Waals surface area contributed by atoms with Gasteiger partial charge < -0.3 is 5.11 Å². The molecule has 0 spiro atoms. The zero-order chi connectivity index (χ0) is 11.5. The van der Waals surface area contributed by atoms with Gasteiger partial charge in [0.2, 0.25) is 0 Å². The van der Waals surface area contributed by atoms with Crippen molar-refractivity contribution in [2.45, 2.75) is 71.8 Å². The summed E-state index contributed by atoms with van der Waals surface area (Å²) in [6.07, 6.45) is 6.96. The van der Waals surface area contributed by atoms with E-state index in [1.807, 2.05) is 0 Å². The van der Waals surface area contributed by atoms with Crippen LogP contribution in [0.5, 0.6) is 0 Å². The van der Waals surface area contributed by atoms with Crippen molar-refractivity contribution in [1.29, 1.82) is 0 Å². The molecule has 0 radical (unpaired) electrons. The van der Waals surface area contributed by atoms with Gasteiger partial charge in [-0.15, -0.1) is 0 Å². The van der Waals surface area contributed by atoms with Gasteiger partial charge in [0.25, 0.3) is 0 Å². The van der Waals surface area contributed by atoms with Crippen LogP contribution in [0.15, 0.2) is 0 Å². The Bertz CT molecular complexity index is 186. The van der Waals surface area contributed by atoms with Crippen molar-refractivity contribution in [2.24, 2.45) is 17.8 Å². The van der Waals surface area contributed by atoms with Crippen molar-refractivity contribution in [3.05, 3.63) is 0 Å². The van der Waals surface area contributed by atoms with Crippen LogP contribution in [0, 0.1) is 17.8 Å². The molecule has 90 valence electrons. The van der Waals surface area contributed by atoms with Crippen molar-refractivity contribution >= 4 is 0 Å². The van der Waals surface area contributed by atoms with Gasteiger partial charge in [-0.3, -0.25) is 0 Å². The molecule has 0 amide bonds. The fourth-order valence-electron chi connectivity index (χ4n) is 3.05. The van der Waals surface area contributed by atoms with E-state index in [1.165, 1.54) is 25.7 Å². The summed E-state index contributed by atoms with van der Waals surface area (Å²) in [5.74, 6) is 1.87. The second kappa shape index (κ2) is 5.34. The number of hydrogen-bond donors (Lipinski definition) is 1. The Morgan fingerprint density at radius 2 is 1.87 bits per heavy atom. The van der Waals surface area contributed by atoms with Crippen molar-refractivity contribution in [2.75, 3.05) is 0 Å². The van der Waals surface area contributed by atoms with Crippen LogP contribution < -0.4 is 0 Å². The molecule has 1 heteroatoms. The van der Waals surface area contributed by atoms with Gasteiger partial charge in [-0.2, -0.15) is 0 Å². The van der Waals surface area contributed by atoms with Crippen molar-refractivity contribution in [3.8, 4) is 0 Å². The molecule has 1 saturated carbocycles. The third-order valence-corrected chi connectivity index (χ3v) is 4.02. The van der Waals surface area contributed by atoms with E-state index >= 15 is 0 Å². The monoisotopic (exact) mass is 212 g/mol. The first kappa shape index (κ1) is 13.0. The maximum atomic E-state index is 10.8. The van der Waals surface area contributed by atoms with E-state index in [1.54, 1.807) is 0 Å². The summed E-state index contributed by atoms with van der Waals surface area (Å²) in [6, 6.07) is 0. The van der Waals surface area contributed by atoms with E-state index in [0.717, 1.165) is 12.8 Å². The van der Waals surface area contributed by atoms with E-state index < -0.39 is 0 Å². The predicted molar refractivity (Wildman–Crippen MR) is 65.8 cm³/mol. The van der Waals surface area contributed by atoms with Crippen LogP contribution in [-0.4, -0.2) is 10.7 Å². The van der Waals surface area contributed by atoms with Gasteiger partial charge in [0.1, 0.15) is 0 Å². The Morgan fingerprint density at radius 1 is 1.20 bits per heavy atom. The van der Waals surface area contributed by atoms with Crippen LogP contribution in [0.1, 0.15) is 66.2 Å². The number of rotatable bonds is 4. The van der Waals surface area contributed by atoms with Crippen molar-refractivity contribution < 1.29 is 5.11 Å². The normalized spacial score (nSPS) is 32.6. The lowest BCUT2D eigenvalue weighted by atomic mass is 9.68. The molecule has 1 fully saturated rings. The van der Waals surface area contributed by atoms with Gasteiger partial charge in [-0.25, -0.2) is 0 Å². The minimum absolute atomic E-state index is 0.351. The second-order valence-corrected chi connectivity index (χ2v) is 6.13. The lowest BCUT2D eigenvalue weighted by molar-refractivity contribution is -0.0749. The summed E-state index contributed by atoms with van der Waals surface area (Å²) < 4.78 is 0. The molecule has 2 unspecified atom stereocenters. The summed E-state index contributed by atoms with van der Waals surface area (Å²) in [6.45, 7) is 9.01. The second-order valence-electron chi connectivity index (χ2n) is 6.13. The fourth-order valence-corrected chi connectivity index (χ4v) is 3.05. The zero-order valence-corrected chi connectivity index (χ0v) is 10.9. The quantitative estimate of drug-likeness (QED) is 0.747. The van der Waals surface area contributed by atoms with Crippen molar-refractivity contribution in [3.63, 3.8) is 0 Å².